The van der Waals surface area contributed by atoms with Gasteiger partial charge in [-0.3, -0.25) is 9.78 Å². The molecule has 2 aromatic rings. The van der Waals surface area contributed by atoms with Crippen LogP contribution in [-0.4, -0.2) is 31.6 Å². The Hall–Kier alpha value is -2.29. The monoisotopic (exact) mass is 248 g/mol. The van der Waals surface area contributed by atoms with Crippen molar-refractivity contribution in [2.75, 3.05) is 0 Å². The predicted octanol–water partition coefficient (Wildman–Crippen LogP) is 0.790. The maximum Gasteiger partial charge on any atom is 0.228 e. The average molecular weight is 248 g/mol. The highest BCUT2D eigenvalue weighted by atomic mass is 16.2. The van der Waals surface area contributed by atoms with Crippen molar-refractivity contribution in [2.24, 2.45) is 0 Å². The Balaban J connectivity index is 2.11. The SMILES string of the molecule is BN(B)C(=O)c1ccc(/C=C/c2ccncc2)cc1. The van der Waals surface area contributed by atoms with Crippen LogP contribution in [-0.2, 0) is 0 Å². The molecule has 92 valence electrons. The molecule has 0 saturated carbocycles. The van der Waals surface area contributed by atoms with E-state index in [1.165, 1.54) is 0 Å². The highest BCUT2D eigenvalue weighted by Crippen LogP contribution is 2.10. The Morgan fingerprint density at radius 2 is 1.47 bits per heavy atom. The first-order valence-electron chi connectivity index (χ1n) is 6.06. The molecule has 0 saturated heterocycles. The minimum atomic E-state index is 0.0182. The van der Waals surface area contributed by atoms with Gasteiger partial charge >= 0.3 is 0 Å². The lowest BCUT2D eigenvalue weighted by atomic mass is 10.1. The summed E-state index contributed by atoms with van der Waals surface area (Å²) in [7, 11) is 3.50. The summed E-state index contributed by atoms with van der Waals surface area (Å²) in [6, 6.07) is 11.5. The molecule has 0 bridgehead atoms. The number of nitrogens with zero attached hydrogens (tertiary/aromatic N) is 2. The van der Waals surface area contributed by atoms with Gasteiger partial charge in [-0.25, -0.2) is 0 Å². The number of hydrogen-bond donors (Lipinski definition) is 0. The van der Waals surface area contributed by atoms with Gasteiger partial charge in [0.2, 0.25) is 21.9 Å². The number of aromatic nitrogens is 1. The number of hydrogen-bond acceptors (Lipinski definition) is 2. The normalized spacial score (nSPS) is 10.5. The zero-order valence-corrected chi connectivity index (χ0v) is 11.1. The van der Waals surface area contributed by atoms with Crippen LogP contribution in [0.25, 0.3) is 12.2 Å². The van der Waals surface area contributed by atoms with Gasteiger partial charge in [-0.1, -0.05) is 24.3 Å². The Labute approximate surface area is 114 Å². The van der Waals surface area contributed by atoms with Crippen molar-refractivity contribution < 1.29 is 4.79 Å². The van der Waals surface area contributed by atoms with Gasteiger partial charge in [0.15, 0.2) is 0 Å². The molecule has 1 amide bonds. The summed E-state index contributed by atoms with van der Waals surface area (Å²) in [6.07, 6.45) is 7.56. The molecular weight excluding hydrogens is 234 g/mol. The number of pyridine rings is 1. The van der Waals surface area contributed by atoms with Crippen molar-refractivity contribution in [2.45, 2.75) is 0 Å². The van der Waals surface area contributed by atoms with E-state index in [2.05, 4.69) is 4.98 Å². The van der Waals surface area contributed by atoms with Gasteiger partial charge in [0.25, 0.3) is 0 Å². The van der Waals surface area contributed by atoms with Crippen molar-refractivity contribution in [3.8, 4) is 0 Å². The van der Waals surface area contributed by atoms with Crippen LogP contribution in [0.5, 0.6) is 0 Å². The van der Waals surface area contributed by atoms with Crippen LogP contribution < -0.4 is 0 Å². The molecule has 19 heavy (non-hydrogen) atoms. The third kappa shape index (κ3) is 3.58. The second kappa shape index (κ2) is 6.05. The quantitative estimate of drug-likeness (QED) is 0.752. The van der Waals surface area contributed by atoms with E-state index in [-0.39, 0.29) is 5.91 Å². The van der Waals surface area contributed by atoms with E-state index < -0.39 is 0 Å². The molecule has 0 spiro atoms. The lowest BCUT2D eigenvalue weighted by molar-refractivity contribution is 0.0923. The number of amides is 1. The minimum Gasteiger partial charge on any atom is -0.439 e. The summed E-state index contributed by atoms with van der Waals surface area (Å²) in [5.41, 5.74) is 2.86. The summed E-state index contributed by atoms with van der Waals surface area (Å²) in [4.78, 5) is 15.7. The number of carbonyl (C=O) groups is 1. The van der Waals surface area contributed by atoms with E-state index >= 15 is 0 Å². The summed E-state index contributed by atoms with van der Waals surface area (Å²) in [5, 5.41) is 0. The van der Waals surface area contributed by atoms with Crippen LogP contribution in [0.2, 0.25) is 0 Å². The van der Waals surface area contributed by atoms with E-state index in [0.717, 1.165) is 11.1 Å². The molecule has 0 radical (unpaired) electrons. The minimum absolute atomic E-state index is 0.0182. The predicted molar refractivity (Wildman–Crippen MR) is 82.9 cm³/mol. The molecule has 0 atom stereocenters. The van der Waals surface area contributed by atoms with E-state index in [4.69, 9.17) is 0 Å². The van der Waals surface area contributed by atoms with E-state index in [1.807, 2.05) is 48.6 Å². The molecule has 0 unspecified atom stereocenters. The zero-order valence-electron chi connectivity index (χ0n) is 11.1. The highest BCUT2D eigenvalue weighted by Gasteiger charge is 2.05. The second-order valence-corrected chi connectivity index (χ2v) is 4.44. The summed E-state index contributed by atoms with van der Waals surface area (Å²) >= 11 is 0. The molecule has 1 aromatic heterocycles. The molecule has 0 aliphatic rings. The van der Waals surface area contributed by atoms with Gasteiger partial charge in [0.1, 0.15) is 0 Å². The average Bonchev–Trinajstić information content (AvgIpc) is 2.46. The molecule has 5 heteroatoms. The Morgan fingerprint density at radius 3 is 2.00 bits per heavy atom. The molecular formula is C14H14B2N2O. The van der Waals surface area contributed by atoms with E-state index in [9.17, 15) is 4.79 Å². The van der Waals surface area contributed by atoms with Crippen molar-refractivity contribution in [3.05, 3.63) is 65.5 Å². The first-order chi connectivity index (χ1) is 9.16. The molecule has 0 aliphatic heterocycles. The Morgan fingerprint density at radius 1 is 0.947 bits per heavy atom. The van der Waals surface area contributed by atoms with Crippen LogP contribution in [0, 0.1) is 0 Å². The molecule has 1 aromatic carbocycles. The van der Waals surface area contributed by atoms with Gasteiger partial charge in [-0.2, -0.15) is 0 Å². The van der Waals surface area contributed by atoms with Crippen molar-refractivity contribution in [1.82, 2.24) is 9.71 Å². The fourth-order valence-electron chi connectivity index (χ4n) is 1.66. The fourth-order valence-corrected chi connectivity index (χ4v) is 1.66. The van der Waals surface area contributed by atoms with Crippen molar-refractivity contribution in [1.29, 1.82) is 0 Å². The topological polar surface area (TPSA) is 33.2 Å². The van der Waals surface area contributed by atoms with Gasteiger partial charge in [-0.05, 0) is 35.4 Å². The first kappa shape index (κ1) is 13.1. The van der Waals surface area contributed by atoms with Crippen LogP contribution in [0.4, 0.5) is 0 Å². The van der Waals surface area contributed by atoms with Gasteiger partial charge in [0, 0.05) is 18.0 Å². The second-order valence-electron chi connectivity index (χ2n) is 4.44. The molecule has 0 fully saturated rings. The Kier molecular flexibility index (Phi) is 4.18. The number of benzene rings is 1. The summed E-state index contributed by atoms with van der Waals surface area (Å²) < 4.78 is 1.57. The molecule has 3 nitrogen and oxygen atoms in total. The van der Waals surface area contributed by atoms with Crippen molar-refractivity contribution >= 4 is 34.0 Å². The molecule has 1 heterocycles. The standard InChI is InChI=1S/C14H14B2N2O/c15-18(16)14(19)13-5-3-11(4-6-13)1-2-12-7-9-17-10-8-12/h1-10H,15-16H2/b2-1+. The summed E-state index contributed by atoms with van der Waals surface area (Å²) in [6.45, 7) is 0. The van der Waals surface area contributed by atoms with Crippen LogP contribution in [0.1, 0.15) is 21.5 Å². The van der Waals surface area contributed by atoms with Gasteiger partial charge in [-0.15, -0.1) is 0 Å². The number of rotatable bonds is 3. The summed E-state index contributed by atoms with van der Waals surface area (Å²) in [5.74, 6) is 0.0182. The number of carbonyl (C=O) groups excluding carboxylic acids is 1. The fraction of sp³-hybridized carbons (Fsp3) is 0. The highest BCUT2D eigenvalue weighted by molar-refractivity contribution is 6.36. The van der Waals surface area contributed by atoms with E-state index in [0.29, 0.717) is 5.56 Å². The van der Waals surface area contributed by atoms with E-state index in [1.54, 1.807) is 33.1 Å². The van der Waals surface area contributed by atoms with Gasteiger partial charge in [0.05, 0.1) is 0 Å². The smallest absolute Gasteiger partial charge is 0.228 e. The van der Waals surface area contributed by atoms with Crippen LogP contribution >= 0.6 is 0 Å². The molecule has 0 N–H and O–H groups in total. The van der Waals surface area contributed by atoms with Crippen LogP contribution in [0.15, 0.2) is 48.8 Å². The molecule has 2 rings (SSSR count). The largest absolute Gasteiger partial charge is 0.439 e. The third-order valence-corrected chi connectivity index (χ3v) is 2.74. The first-order valence-corrected chi connectivity index (χ1v) is 6.06. The zero-order chi connectivity index (χ0) is 13.7. The maximum atomic E-state index is 11.7. The lowest BCUT2D eigenvalue weighted by Gasteiger charge is -2.10. The van der Waals surface area contributed by atoms with Gasteiger partial charge < -0.3 is 4.72 Å². The lowest BCUT2D eigenvalue weighted by Crippen LogP contribution is -2.24. The molecule has 0 aliphatic carbocycles. The Bertz CT molecular complexity index is 580. The maximum absolute atomic E-state index is 11.7. The van der Waals surface area contributed by atoms with Crippen molar-refractivity contribution in [3.63, 3.8) is 0 Å². The van der Waals surface area contributed by atoms with Crippen LogP contribution in [0.3, 0.4) is 0 Å². The third-order valence-electron chi connectivity index (χ3n) is 2.74.